The van der Waals surface area contributed by atoms with Gasteiger partial charge in [0.25, 0.3) is 0 Å². The van der Waals surface area contributed by atoms with Crippen molar-refractivity contribution < 1.29 is 0 Å². The standard InChI is InChI=1S/C7H9ClN2/c1-2-5-4-10-7(9)3-6(5)8/h3-4H,2H2,1H3,(H2,9,10). The van der Waals surface area contributed by atoms with E-state index >= 15 is 0 Å². The minimum absolute atomic E-state index is 0.474. The zero-order chi connectivity index (χ0) is 7.56. The van der Waals surface area contributed by atoms with Crippen LogP contribution in [0.15, 0.2) is 12.3 Å². The summed E-state index contributed by atoms with van der Waals surface area (Å²) in [5.74, 6) is 0.474. The van der Waals surface area contributed by atoms with E-state index < -0.39 is 0 Å². The molecule has 0 aromatic carbocycles. The minimum atomic E-state index is 0.474. The van der Waals surface area contributed by atoms with Gasteiger partial charge in [-0.05, 0) is 18.1 Å². The number of hydrogen-bond acceptors (Lipinski definition) is 2. The van der Waals surface area contributed by atoms with Gasteiger partial charge in [0.1, 0.15) is 5.82 Å². The molecule has 0 unspecified atom stereocenters. The number of anilines is 1. The molecule has 0 saturated heterocycles. The molecule has 0 fully saturated rings. The van der Waals surface area contributed by atoms with Crippen molar-refractivity contribution in [3.05, 3.63) is 22.8 Å². The van der Waals surface area contributed by atoms with Gasteiger partial charge in [0.05, 0.1) is 0 Å². The van der Waals surface area contributed by atoms with E-state index in [2.05, 4.69) is 4.98 Å². The first kappa shape index (κ1) is 7.35. The lowest BCUT2D eigenvalue weighted by molar-refractivity contribution is 1.11. The maximum atomic E-state index is 5.81. The van der Waals surface area contributed by atoms with Gasteiger partial charge in [0, 0.05) is 11.2 Å². The maximum Gasteiger partial charge on any atom is 0.124 e. The molecule has 2 nitrogen and oxygen atoms in total. The molecule has 1 heterocycles. The molecule has 1 aromatic rings. The summed E-state index contributed by atoms with van der Waals surface area (Å²) in [6.45, 7) is 2.03. The molecular formula is C7H9ClN2. The van der Waals surface area contributed by atoms with Gasteiger partial charge >= 0.3 is 0 Å². The number of hydrogen-bond donors (Lipinski definition) is 1. The first-order valence-corrected chi connectivity index (χ1v) is 3.51. The van der Waals surface area contributed by atoms with Gasteiger partial charge in [-0.2, -0.15) is 0 Å². The molecule has 1 rings (SSSR count). The maximum absolute atomic E-state index is 5.81. The van der Waals surface area contributed by atoms with Crippen LogP contribution in [0.1, 0.15) is 12.5 Å². The van der Waals surface area contributed by atoms with Crippen molar-refractivity contribution in [3.8, 4) is 0 Å². The summed E-state index contributed by atoms with van der Waals surface area (Å²) in [5.41, 5.74) is 6.42. The zero-order valence-electron chi connectivity index (χ0n) is 5.76. The third-order valence-electron chi connectivity index (χ3n) is 1.33. The molecular weight excluding hydrogens is 148 g/mol. The van der Waals surface area contributed by atoms with Crippen molar-refractivity contribution in [3.63, 3.8) is 0 Å². The van der Waals surface area contributed by atoms with Gasteiger partial charge in [0.2, 0.25) is 0 Å². The van der Waals surface area contributed by atoms with Gasteiger partial charge in [0.15, 0.2) is 0 Å². The predicted octanol–water partition coefficient (Wildman–Crippen LogP) is 1.88. The van der Waals surface area contributed by atoms with Gasteiger partial charge in [-0.25, -0.2) is 4.98 Å². The predicted molar refractivity (Wildman–Crippen MR) is 43.0 cm³/mol. The number of nitrogen functional groups attached to an aromatic ring is 1. The van der Waals surface area contributed by atoms with Crippen LogP contribution >= 0.6 is 11.6 Å². The van der Waals surface area contributed by atoms with E-state index in [0.29, 0.717) is 10.8 Å². The quantitative estimate of drug-likeness (QED) is 0.675. The van der Waals surface area contributed by atoms with Crippen molar-refractivity contribution in [2.45, 2.75) is 13.3 Å². The molecule has 0 spiro atoms. The Bertz CT molecular complexity index is 235. The summed E-state index contributed by atoms with van der Waals surface area (Å²) in [6.07, 6.45) is 2.60. The highest BCUT2D eigenvalue weighted by molar-refractivity contribution is 6.31. The molecule has 0 radical (unpaired) electrons. The van der Waals surface area contributed by atoms with Crippen molar-refractivity contribution >= 4 is 17.4 Å². The van der Waals surface area contributed by atoms with Crippen LogP contribution in [-0.2, 0) is 6.42 Å². The normalized spacial score (nSPS) is 9.80. The van der Waals surface area contributed by atoms with Crippen LogP contribution in [0.4, 0.5) is 5.82 Å². The van der Waals surface area contributed by atoms with Gasteiger partial charge in [-0.15, -0.1) is 0 Å². The molecule has 0 amide bonds. The lowest BCUT2D eigenvalue weighted by Gasteiger charge is -1.99. The molecule has 0 aliphatic heterocycles. The van der Waals surface area contributed by atoms with Crippen LogP contribution in [0.5, 0.6) is 0 Å². The third kappa shape index (κ3) is 1.39. The van der Waals surface area contributed by atoms with Crippen LogP contribution in [0, 0.1) is 0 Å². The lowest BCUT2D eigenvalue weighted by atomic mass is 10.2. The molecule has 0 bridgehead atoms. The van der Waals surface area contributed by atoms with Gasteiger partial charge < -0.3 is 5.73 Å². The van der Waals surface area contributed by atoms with Crippen molar-refractivity contribution in [1.82, 2.24) is 4.98 Å². The van der Waals surface area contributed by atoms with E-state index in [1.807, 2.05) is 6.92 Å². The van der Waals surface area contributed by atoms with E-state index in [9.17, 15) is 0 Å². The topological polar surface area (TPSA) is 38.9 Å². The SMILES string of the molecule is CCc1cnc(N)cc1Cl. The largest absolute Gasteiger partial charge is 0.384 e. The monoisotopic (exact) mass is 156 g/mol. The number of nitrogens with two attached hydrogens (primary N) is 1. The molecule has 54 valence electrons. The van der Waals surface area contributed by atoms with Crippen molar-refractivity contribution in [1.29, 1.82) is 0 Å². The zero-order valence-corrected chi connectivity index (χ0v) is 6.52. The highest BCUT2D eigenvalue weighted by atomic mass is 35.5. The number of halogens is 1. The Morgan fingerprint density at radius 2 is 2.40 bits per heavy atom. The van der Waals surface area contributed by atoms with E-state index in [-0.39, 0.29) is 0 Å². The Hall–Kier alpha value is -0.760. The summed E-state index contributed by atoms with van der Waals surface area (Å²) in [4.78, 5) is 3.90. The number of nitrogens with zero attached hydrogens (tertiary/aromatic N) is 1. The van der Waals surface area contributed by atoms with E-state index in [1.54, 1.807) is 12.3 Å². The van der Waals surface area contributed by atoms with E-state index in [4.69, 9.17) is 17.3 Å². The highest BCUT2D eigenvalue weighted by Crippen LogP contribution is 2.16. The highest BCUT2D eigenvalue weighted by Gasteiger charge is 1.97. The molecule has 3 heteroatoms. The van der Waals surface area contributed by atoms with E-state index in [1.165, 1.54) is 0 Å². The Morgan fingerprint density at radius 3 is 2.90 bits per heavy atom. The second kappa shape index (κ2) is 2.88. The smallest absolute Gasteiger partial charge is 0.124 e. The van der Waals surface area contributed by atoms with Gasteiger partial charge in [-0.1, -0.05) is 18.5 Å². The summed E-state index contributed by atoms with van der Waals surface area (Å²) < 4.78 is 0. The summed E-state index contributed by atoms with van der Waals surface area (Å²) in [6, 6.07) is 1.67. The number of pyridine rings is 1. The molecule has 2 N–H and O–H groups in total. The van der Waals surface area contributed by atoms with Crippen LogP contribution in [-0.4, -0.2) is 4.98 Å². The fourth-order valence-corrected chi connectivity index (χ4v) is 1.03. The minimum Gasteiger partial charge on any atom is -0.384 e. The van der Waals surface area contributed by atoms with Crippen LogP contribution in [0.2, 0.25) is 5.02 Å². The average molecular weight is 157 g/mol. The third-order valence-corrected chi connectivity index (χ3v) is 1.68. The second-order valence-corrected chi connectivity index (χ2v) is 2.46. The molecule has 0 aliphatic rings. The van der Waals surface area contributed by atoms with Crippen LogP contribution < -0.4 is 5.73 Å². The second-order valence-electron chi connectivity index (χ2n) is 2.05. The molecule has 0 saturated carbocycles. The fraction of sp³-hybridized carbons (Fsp3) is 0.286. The molecule has 0 atom stereocenters. The summed E-state index contributed by atoms with van der Waals surface area (Å²) in [5, 5.41) is 0.704. The first-order chi connectivity index (χ1) is 4.74. The molecule has 10 heavy (non-hydrogen) atoms. The van der Waals surface area contributed by atoms with Crippen LogP contribution in [0.3, 0.4) is 0 Å². The fourth-order valence-electron chi connectivity index (χ4n) is 0.734. The summed E-state index contributed by atoms with van der Waals surface area (Å²) in [7, 11) is 0. The Labute approximate surface area is 65.0 Å². The number of aromatic nitrogens is 1. The molecule has 1 aromatic heterocycles. The molecule has 0 aliphatic carbocycles. The van der Waals surface area contributed by atoms with Gasteiger partial charge in [-0.3, -0.25) is 0 Å². The first-order valence-electron chi connectivity index (χ1n) is 3.14. The number of aryl methyl sites for hydroxylation is 1. The Morgan fingerprint density at radius 1 is 1.70 bits per heavy atom. The Kier molecular flexibility index (Phi) is 2.12. The average Bonchev–Trinajstić information content (AvgIpc) is 1.88. The van der Waals surface area contributed by atoms with Crippen LogP contribution in [0.25, 0.3) is 0 Å². The van der Waals surface area contributed by atoms with Crippen molar-refractivity contribution in [2.24, 2.45) is 0 Å². The lowest BCUT2D eigenvalue weighted by Crippen LogP contribution is -1.91. The Balaban J connectivity index is 3.07. The summed E-state index contributed by atoms with van der Waals surface area (Å²) >= 11 is 5.81. The number of rotatable bonds is 1. The van der Waals surface area contributed by atoms with E-state index in [0.717, 1.165) is 12.0 Å². The van der Waals surface area contributed by atoms with Crippen molar-refractivity contribution in [2.75, 3.05) is 5.73 Å².